The normalized spacial score (nSPS) is 12.7. The van der Waals surface area contributed by atoms with Gasteiger partial charge in [-0.2, -0.15) is 0 Å². The zero-order valence-corrected chi connectivity index (χ0v) is 11.2. The van der Waals surface area contributed by atoms with E-state index in [0.29, 0.717) is 12.8 Å². The van der Waals surface area contributed by atoms with E-state index in [1.807, 2.05) is 27.7 Å². The van der Waals surface area contributed by atoms with Crippen molar-refractivity contribution in [3.8, 4) is 0 Å². The second-order valence-electron chi connectivity index (χ2n) is 5.44. The van der Waals surface area contributed by atoms with Gasteiger partial charge >= 0.3 is 6.41 Å². The van der Waals surface area contributed by atoms with Crippen LogP contribution in [0, 0.1) is 0 Å². The van der Waals surface area contributed by atoms with Crippen molar-refractivity contribution >= 4 is 12.8 Å². The van der Waals surface area contributed by atoms with Crippen molar-refractivity contribution in [1.82, 2.24) is 5.32 Å². The number of nitrogens with one attached hydrogen (secondary N) is 1. The molecule has 4 heteroatoms. The zero-order valence-electron chi connectivity index (χ0n) is 11.2. The summed E-state index contributed by atoms with van der Waals surface area (Å²) in [6, 6.07) is 0. The number of nitrogens with zero attached hydrogens (tertiary/aromatic N) is 1. The smallest absolute Gasteiger partial charge is 0.311 e. The first kappa shape index (κ1) is 15.6. The van der Waals surface area contributed by atoms with Crippen LogP contribution >= 0.6 is 0 Å². The minimum atomic E-state index is -0.440. The van der Waals surface area contributed by atoms with E-state index < -0.39 is 11.1 Å². The number of amides is 2. The summed E-state index contributed by atoms with van der Waals surface area (Å²) in [4.78, 5) is 21.9. The molecule has 0 aromatic rings. The van der Waals surface area contributed by atoms with E-state index in [9.17, 15) is 9.59 Å². The zero-order chi connectivity index (χ0) is 13.7. The Balaban J connectivity index is 5.24. The Kier molecular flexibility index (Phi) is 4.83. The highest BCUT2D eigenvalue weighted by molar-refractivity contribution is 5.47. The molecule has 0 fully saturated rings. The van der Waals surface area contributed by atoms with E-state index in [1.165, 1.54) is 0 Å². The van der Waals surface area contributed by atoms with Gasteiger partial charge in [-0.1, -0.05) is 0 Å². The molecule has 0 saturated heterocycles. The van der Waals surface area contributed by atoms with Crippen LogP contribution in [0.4, 0.5) is 0 Å². The van der Waals surface area contributed by atoms with E-state index in [2.05, 4.69) is 18.5 Å². The number of carbonyl (C=O) groups excluding carboxylic acids is 2. The first-order valence-electron chi connectivity index (χ1n) is 5.53. The van der Waals surface area contributed by atoms with Gasteiger partial charge in [0.15, 0.2) is 0 Å². The lowest BCUT2D eigenvalue weighted by molar-refractivity contribution is -0.796. The minimum Gasteiger partial charge on any atom is -0.354 e. The van der Waals surface area contributed by atoms with Crippen LogP contribution in [0.3, 0.4) is 0 Å². The molecule has 0 bridgehead atoms. The number of hydrogen-bond donors (Lipinski definition) is 1. The largest absolute Gasteiger partial charge is 0.354 e. The fraction of sp³-hybridized carbons (Fsp3) is 0.538. The second kappa shape index (κ2) is 5.27. The molecule has 0 aromatic carbocycles. The molecule has 0 aromatic heterocycles. The molecule has 1 N–H and O–H groups in total. The molecule has 96 valence electrons. The molecule has 0 unspecified atom stereocenters. The number of carbonyl (C=O) groups is 2. The molecule has 0 heterocycles. The molecular formula is C13H23N2O2+. The first-order valence-corrected chi connectivity index (χ1v) is 5.53. The Morgan fingerprint density at radius 2 is 1.59 bits per heavy atom. The van der Waals surface area contributed by atoms with Crippen LogP contribution < -0.4 is 5.32 Å². The Labute approximate surface area is 104 Å². The van der Waals surface area contributed by atoms with Crippen LogP contribution in [0.5, 0.6) is 0 Å². The second-order valence-corrected chi connectivity index (χ2v) is 5.44. The Hall–Kier alpha value is -1.42. The van der Waals surface area contributed by atoms with E-state index >= 15 is 0 Å². The van der Waals surface area contributed by atoms with E-state index in [1.54, 1.807) is 12.4 Å². The van der Waals surface area contributed by atoms with Crippen molar-refractivity contribution in [1.29, 1.82) is 0 Å². The number of rotatable bonds is 8. The molecule has 0 aliphatic carbocycles. The third kappa shape index (κ3) is 3.27. The summed E-state index contributed by atoms with van der Waals surface area (Å²) >= 11 is 0. The van der Waals surface area contributed by atoms with Gasteiger partial charge in [-0.3, -0.25) is 4.79 Å². The lowest BCUT2D eigenvalue weighted by Crippen LogP contribution is -2.58. The maximum atomic E-state index is 11.3. The summed E-state index contributed by atoms with van der Waals surface area (Å²) in [5.74, 6) is 0. The molecule has 0 spiro atoms. The molecule has 0 atom stereocenters. The number of quaternary nitrogens is 1. The molecule has 0 aliphatic heterocycles. The molecule has 0 saturated carbocycles. The van der Waals surface area contributed by atoms with Crippen LogP contribution in [-0.2, 0) is 9.59 Å². The highest BCUT2D eigenvalue weighted by Crippen LogP contribution is 2.32. The van der Waals surface area contributed by atoms with E-state index in [0.717, 1.165) is 6.41 Å². The van der Waals surface area contributed by atoms with Crippen molar-refractivity contribution in [2.75, 3.05) is 0 Å². The summed E-state index contributed by atoms with van der Waals surface area (Å²) in [7, 11) is 0. The maximum Gasteiger partial charge on any atom is 0.311 e. The lowest BCUT2D eigenvalue weighted by Gasteiger charge is -2.43. The summed E-state index contributed by atoms with van der Waals surface area (Å²) < 4.78 is -0.0586. The SMILES string of the molecule is C=C[N+](C=C)(C=O)C(C)(C)CC(C)(C)NC=O. The summed E-state index contributed by atoms with van der Waals surface area (Å²) in [6.07, 6.45) is 5.19. The fourth-order valence-corrected chi connectivity index (χ4v) is 2.23. The van der Waals surface area contributed by atoms with Gasteiger partial charge in [0.1, 0.15) is 17.9 Å². The van der Waals surface area contributed by atoms with Gasteiger partial charge in [0, 0.05) is 12.0 Å². The van der Waals surface area contributed by atoms with Crippen LogP contribution in [0.15, 0.2) is 25.6 Å². The summed E-state index contributed by atoms with van der Waals surface area (Å²) in [6.45, 7) is 15.1. The first-order chi connectivity index (χ1) is 7.70. The van der Waals surface area contributed by atoms with Crippen LogP contribution in [-0.4, -0.2) is 28.4 Å². The molecule has 17 heavy (non-hydrogen) atoms. The van der Waals surface area contributed by atoms with Gasteiger partial charge in [-0.15, -0.1) is 0 Å². The maximum absolute atomic E-state index is 11.3. The predicted molar refractivity (Wildman–Crippen MR) is 68.7 cm³/mol. The van der Waals surface area contributed by atoms with Gasteiger partial charge in [0.25, 0.3) is 0 Å². The lowest BCUT2D eigenvalue weighted by atomic mass is 9.84. The van der Waals surface area contributed by atoms with Crippen molar-refractivity contribution in [3.63, 3.8) is 0 Å². The van der Waals surface area contributed by atoms with Crippen molar-refractivity contribution in [3.05, 3.63) is 25.6 Å². The fourth-order valence-electron chi connectivity index (χ4n) is 2.23. The van der Waals surface area contributed by atoms with Gasteiger partial charge in [0.2, 0.25) is 6.41 Å². The standard InChI is InChI=1S/C13H22N2O2/c1-7-15(8-2,11-17)13(5,6)9-12(3,4)14-10-16/h7-8,10-11H,1-2,9H2,3-6H3/p+1. The highest BCUT2D eigenvalue weighted by atomic mass is 16.1. The van der Waals surface area contributed by atoms with Crippen LogP contribution in [0.2, 0.25) is 0 Å². The molecule has 0 rings (SSSR count). The molecule has 0 aliphatic rings. The quantitative estimate of drug-likeness (QED) is 0.520. The van der Waals surface area contributed by atoms with E-state index in [4.69, 9.17) is 0 Å². The molecular weight excluding hydrogens is 216 g/mol. The molecule has 0 radical (unpaired) electrons. The van der Waals surface area contributed by atoms with Crippen LogP contribution in [0.25, 0.3) is 0 Å². The summed E-state index contributed by atoms with van der Waals surface area (Å²) in [5.41, 5.74) is -0.839. The van der Waals surface area contributed by atoms with Crippen LogP contribution in [0.1, 0.15) is 34.1 Å². The average Bonchev–Trinajstić information content (AvgIpc) is 2.18. The summed E-state index contributed by atoms with van der Waals surface area (Å²) in [5, 5.41) is 2.75. The Morgan fingerprint density at radius 1 is 1.12 bits per heavy atom. The van der Waals surface area contributed by atoms with Crippen molar-refractivity contribution in [2.45, 2.75) is 45.2 Å². The third-order valence-electron chi connectivity index (χ3n) is 3.15. The molecule has 4 nitrogen and oxygen atoms in total. The Morgan fingerprint density at radius 3 is 1.88 bits per heavy atom. The van der Waals surface area contributed by atoms with Gasteiger partial charge < -0.3 is 5.32 Å². The topological polar surface area (TPSA) is 46.2 Å². The highest BCUT2D eigenvalue weighted by Gasteiger charge is 2.44. The number of hydrogen-bond acceptors (Lipinski definition) is 2. The predicted octanol–water partition coefficient (Wildman–Crippen LogP) is 1.94. The molecule has 2 amide bonds. The van der Waals surface area contributed by atoms with Gasteiger partial charge in [0.05, 0.1) is 0 Å². The Bertz CT molecular complexity index is 298. The average molecular weight is 239 g/mol. The minimum absolute atomic E-state index is 0.0586. The monoisotopic (exact) mass is 239 g/mol. The van der Waals surface area contributed by atoms with Crippen molar-refractivity contribution in [2.24, 2.45) is 0 Å². The van der Waals surface area contributed by atoms with Gasteiger partial charge in [-0.05, 0) is 40.9 Å². The van der Waals surface area contributed by atoms with Crippen molar-refractivity contribution < 1.29 is 14.1 Å². The van der Waals surface area contributed by atoms with E-state index in [-0.39, 0.29) is 4.48 Å². The third-order valence-corrected chi connectivity index (χ3v) is 3.15. The van der Waals surface area contributed by atoms with Gasteiger partial charge in [-0.25, -0.2) is 9.28 Å².